The molecule has 0 bridgehead atoms. The zero-order valence-corrected chi connectivity index (χ0v) is 14.6. The van der Waals surface area contributed by atoms with E-state index in [-0.39, 0.29) is 17.2 Å². The third kappa shape index (κ3) is 3.84. The monoisotopic (exact) mass is 404 g/mol. The Bertz CT molecular complexity index is 634. The fourth-order valence-corrected chi connectivity index (χ4v) is 2.72. The highest BCUT2D eigenvalue weighted by atomic mass is 19.4. The molecular weight excluding hydrogens is 386 g/mol. The van der Waals surface area contributed by atoms with Crippen molar-refractivity contribution in [2.24, 2.45) is 5.92 Å². The summed E-state index contributed by atoms with van der Waals surface area (Å²) in [6.45, 7) is 4.29. The molecule has 0 radical (unpaired) electrons. The Morgan fingerprint density at radius 3 is 1.96 bits per heavy atom. The van der Waals surface area contributed by atoms with Gasteiger partial charge in [-0.05, 0) is 33.1 Å². The molecule has 12 heteroatoms. The van der Waals surface area contributed by atoms with E-state index < -0.39 is 47.4 Å². The Kier molecular flexibility index (Phi) is 4.94. The Morgan fingerprint density at radius 2 is 1.63 bits per heavy atom. The van der Waals surface area contributed by atoms with Crippen LogP contribution in [0.15, 0.2) is 0 Å². The number of hydrogen-bond acceptors (Lipinski definition) is 4. The lowest BCUT2D eigenvalue weighted by molar-refractivity contribution is -0.290. The summed E-state index contributed by atoms with van der Waals surface area (Å²) >= 11 is 0. The van der Waals surface area contributed by atoms with E-state index >= 15 is 0 Å². The number of rotatable bonds is 4. The van der Waals surface area contributed by atoms with Gasteiger partial charge in [0.1, 0.15) is 11.6 Å². The lowest BCUT2D eigenvalue weighted by atomic mass is 9.97. The van der Waals surface area contributed by atoms with Gasteiger partial charge in [-0.15, -0.1) is 0 Å². The van der Waals surface area contributed by atoms with Crippen LogP contribution in [0.4, 0.5) is 31.1 Å². The number of ether oxygens (including phenoxy) is 1. The van der Waals surface area contributed by atoms with Crippen molar-refractivity contribution in [1.29, 1.82) is 0 Å². The molecule has 3 amide bonds. The van der Waals surface area contributed by atoms with E-state index in [1.165, 1.54) is 20.8 Å². The predicted octanol–water partition coefficient (Wildman–Crippen LogP) is 2.91. The van der Waals surface area contributed by atoms with Gasteiger partial charge < -0.3 is 10.1 Å². The average Bonchev–Trinajstić information content (AvgIpc) is 3.18. The molecule has 0 spiro atoms. The van der Waals surface area contributed by atoms with Gasteiger partial charge in [0.25, 0.3) is 5.91 Å². The topological polar surface area (TPSA) is 75.7 Å². The lowest BCUT2D eigenvalue weighted by Gasteiger charge is -2.32. The summed E-state index contributed by atoms with van der Waals surface area (Å²) in [6, 6.07) is -3.82. The summed E-state index contributed by atoms with van der Waals surface area (Å²) in [5, 5.41) is 0.719. The van der Waals surface area contributed by atoms with Crippen LogP contribution in [0.25, 0.3) is 0 Å². The Labute approximate surface area is 150 Å². The van der Waals surface area contributed by atoms with Gasteiger partial charge in [0, 0.05) is 0 Å². The van der Waals surface area contributed by atoms with Crippen LogP contribution in [-0.2, 0) is 14.3 Å². The second kappa shape index (κ2) is 6.26. The van der Waals surface area contributed by atoms with E-state index in [0.29, 0.717) is 12.8 Å². The number of halogens is 6. The predicted molar refractivity (Wildman–Crippen MR) is 77.2 cm³/mol. The highest BCUT2D eigenvalue weighted by Crippen LogP contribution is 2.48. The normalized spacial score (nSPS) is 21.9. The van der Waals surface area contributed by atoms with Crippen molar-refractivity contribution < 1.29 is 45.5 Å². The molecule has 2 aliphatic rings. The second-order valence-corrected chi connectivity index (χ2v) is 7.58. The van der Waals surface area contributed by atoms with Crippen molar-refractivity contribution in [1.82, 2.24) is 10.2 Å². The number of nitrogens with one attached hydrogen (secondary N) is 1. The fraction of sp³-hybridized carbons (Fsp3) is 0.800. The summed E-state index contributed by atoms with van der Waals surface area (Å²) in [5.74, 6) is -4.02. The molecule has 1 aliphatic heterocycles. The first-order valence-corrected chi connectivity index (χ1v) is 8.03. The quantitative estimate of drug-likeness (QED) is 0.444. The first-order chi connectivity index (χ1) is 12.0. The molecule has 0 aromatic rings. The number of imide groups is 1. The van der Waals surface area contributed by atoms with Crippen LogP contribution in [0.5, 0.6) is 0 Å². The molecule has 154 valence electrons. The molecule has 0 unspecified atom stereocenters. The molecule has 1 atom stereocenters. The average molecular weight is 404 g/mol. The van der Waals surface area contributed by atoms with Crippen LogP contribution in [0.3, 0.4) is 0 Å². The summed E-state index contributed by atoms with van der Waals surface area (Å²) in [5.41, 5.74) is -6.22. The van der Waals surface area contributed by atoms with E-state index in [0.717, 1.165) is 5.32 Å². The minimum atomic E-state index is -6.15. The van der Waals surface area contributed by atoms with Crippen LogP contribution >= 0.6 is 0 Å². The molecule has 1 heterocycles. The van der Waals surface area contributed by atoms with Crippen LogP contribution in [0.2, 0.25) is 0 Å². The molecule has 1 saturated heterocycles. The minimum absolute atomic E-state index is 0.199. The number of alkyl halides is 6. The van der Waals surface area contributed by atoms with Gasteiger partial charge in [0.15, 0.2) is 0 Å². The van der Waals surface area contributed by atoms with E-state index in [1.807, 2.05) is 0 Å². The summed E-state index contributed by atoms with van der Waals surface area (Å²) in [6.07, 6.45) is -11.4. The van der Waals surface area contributed by atoms with Crippen molar-refractivity contribution in [2.75, 3.05) is 0 Å². The van der Waals surface area contributed by atoms with E-state index in [4.69, 9.17) is 4.74 Å². The highest BCUT2D eigenvalue weighted by molar-refractivity contribution is 6.10. The third-order valence-corrected chi connectivity index (χ3v) is 4.15. The largest absolute Gasteiger partial charge is 0.458 e. The molecule has 6 nitrogen and oxygen atoms in total. The maximum absolute atomic E-state index is 13.2. The third-order valence-electron chi connectivity index (χ3n) is 4.15. The van der Waals surface area contributed by atoms with Crippen molar-refractivity contribution >= 4 is 17.9 Å². The molecule has 27 heavy (non-hydrogen) atoms. The summed E-state index contributed by atoms with van der Waals surface area (Å²) < 4.78 is 84.3. The minimum Gasteiger partial charge on any atom is -0.458 e. The van der Waals surface area contributed by atoms with Gasteiger partial charge in [0.05, 0.1) is 0 Å². The molecule has 2 fully saturated rings. The lowest BCUT2D eigenvalue weighted by Crippen LogP contribution is -2.68. The maximum atomic E-state index is 13.2. The number of amides is 3. The standard InChI is InChI=1S/C15H18F6N2O4/c1-12(2,3)27-9(24)8(6-7-4-5-7)23-10(25)13(14(16,17)18,15(19,20)21)22-11(23)26/h7-8H,4-6H2,1-3H3,(H,22,26)/t8-/m0/s1. The number of carbonyl (C=O) groups is 3. The number of esters is 1. The SMILES string of the molecule is CC(C)(C)OC(=O)[C@H](CC1CC1)N1C(=O)NC(C(F)(F)F)(C(F)(F)F)C1=O. The highest BCUT2D eigenvalue weighted by Gasteiger charge is 2.81. The smallest absolute Gasteiger partial charge is 0.429 e. The molecule has 2 rings (SSSR count). The van der Waals surface area contributed by atoms with E-state index in [1.54, 1.807) is 0 Å². The van der Waals surface area contributed by atoms with Gasteiger partial charge in [-0.1, -0.05) is 12.8 Å². The number of urea groups is 1. The van der Waals surface area contributed by atoms with Crippen LogP contribution in [0, 0.1) is 5.92 Å². The van der Waals surface area contributed by atoms with Crippen molar-refractivity contribution in [3.8, 4) is 0 Å². The van der Waals surface area contributed by atoms with E-state index in [9.17, 15) is 40.7 Å². The Morgan fingerprint density at radius 1 is 1.15 bits per heavy atom. The van der Waals surface area contributed by atoms with Crippen LogP contribution in [0.1, 0.15) is 40.0 Å². The van der Waals surface area contributed by atoms with Gasteiger partial charge >= 0.3 is 29.9 Å². The number of hydrogen-bond donors (Lipinski definition) is 1. The first-order valence-electron chi connectivity index (χ1n) is 8.03. The molecule has 1 saturated carbocycles. The maximum Gasteiger partial charge on any atom is 0.429 e. The number of carbonyl (C=O) groups excluding carboxylic acids is 3. The van der Waals surface area contributed by atoms with Crippen molar-refractivity contribution in [3.05, 3.63) is 0 Å². The van der Waals surface area contributed by atoms with Gasteiger partial charge in [-0.3, -0.25) is 4.79 Å². The van der Waals surface area contributed by atoms with Crippen LogP contribution < -0.4 is 5.32 Å². The van der Waals surface area contributed by atoms with Crippen molar-refractivity contribution in [3.63, 3.8) is 0 Å². The van der Waals surface area contributed by atoms with Crippen molar-refractivity contribution in [2.45, 2.75) is 69.6 Å². The Balaban J connectivity index is 2.46. The first kappa shape index (κ1) is 21.3. The van der Waals surface area contributed by atoms with Crippen LogP contribution in [-0.4, -0.2) is 52.3 Å². The molecule has 1 aliphatic carbocycles. The zero-order chi connectivity index (χ0) is 21.0. The molecule has 1 N–H and O–H groups in total. The molecule has 0 aromatic heterocycles. The van der Waals surface area contributed by atoms with Gasteiger partial charge in [0.2, 0.25) is 0 Å². The second-order valence-electron chi connectivity index (χ2n) is 7.58. The zero-order valence-electron chi connectivity index (χ0n) is 14.6. The summed E-state index contributed by atoms with van der Waals surface area (Å²) in [4.78, 5) is 36.3. The Hall–Kier alpha value is -2.01. The van der Waals surface area contributed by atoms with Gasteiger partial charge in [-0.25, -0.2) is 14.5 Å². The summed E-state index contributed by atoms with van der Waals surface area (Å²) in [7, 11) is 0. The van der Waals surface area contributed by atoms with Gasteiger partial charge in [-0.2, -0.15) is 26.3 Å². The molecular formula is C15H18F6N2O4. The van der Waals surface area contributed by atoms with E-state index in [2.05, 4.69) is 0 Å². The number of nitrogens with zero attached hydrogens (tertiary/aromatic N) is 1. The fourth-order valence-electron chi connectivity index (χ4n) is 2.72. The molecule has 0 aromatic carbocycles.